The van der Waals surface area contributed by atoms with Gasteiger partial charge in [0.05, 0.1) is 11.1 Å². The molecular formula is C19H13NO4S. The zero-order valence-corrected chi connectivity index (χ0v) is 13.9. The maximum Gasteiger partial charge on any atom is 0.326 e. The van der Waals surface area contributed by atoms with Gasteiger partial charge in [0.25, 0.3) is 11.8 Å². The first-order valence-corrected chi connectivity index (χ1v) is 8.59. The first kappa shape index (κ1) is 15.5. The Balaban J connectivity index is 1.43. The fourth-order valence-corrected chi connectivity index (χ4v) is 3.81. The monoisotopic (exact) mass is 351 g/mol. The number of thiophene rings is 1. The highest BCUT2D eigenvalue weighted by atomic mass is 32.1. The zero-order valence-electron chi connectivity index (χ0n) is 13.1. The van der Waals surface area contributed by atoms with Crippen LogP contribution in [0.3, 0.4) is 0 Å². The molecule has 25 heavy (non-hydrogen) atoms. The van der Waals surface area contributed by atoms with E-state index >= 15 is 0 Å². The second kappa shape index (κ2) is 6.14. The standard InChI is InChI=1S/C19H13NO4S/c21-17(24-10-12-11-25-16-8-4-3-5-13(12)16)9-20-18(22)14-6-1-2-7-15(14)19(20)23/h1-8,11H,9-10H2. The van der Waals surface area contributed by atoms with Crippen molar-refractivity contribution in [1.29, 1.82) is 0 Å². The number of rotatable bonds is 4. The van der Waals surface area contributed by atoms with Crippen LogP contribution in [0.15, 0.2) is 53.9 Å². The van der Waals surface area contributed by atoms with Gasteiger partial charge in [-0.2, -0.15) is 0 Å². The van der Waals surface area contributed by atoms with Gasteiger partial charge < -0.3 is 4.74 Å². The molecule has 0 bridgehead atoms. The summed E-state index contributed by atoms with van der Waals surface area (Å²) in [5.41, 5.74) is 1.56. The molecule has 0 fully saturated rings. The fraction of sp³-hybridized carbons (Fsp3) is 0.105. The van der Waals surface area contributed by atoms with E-state index in [0.29, 0.717) is 11.1 Å². The normalized spacial score (nSPS) is 13.4. The highest BCUT2D eigenvalue weighted by Crippen LogP contribution is 2.26. The maximum absolute atomic E-state index is 12.2. The number of imide groups is 1. The Bertz CT molecular complexity index is 972. The number of carbonyl (C=O) groups excluding carboxylic acids is 3. The van der Waals surface area contributed by atoms with Crippen molar-refractivity contribution in [2.24, 2.45) is 0 Å². The number of nitrogens with zero attached hydrogens (tertiary/aromatic N) is 1. The minimum atomic E-state index is -0.607. The van der Waals surface area contributed by atoms with Crippen molar-refractivity contribution < 1.29 is 19.1 Å². The lowest BCUT2D eigenvalue weighted by Gasteiger charge is -2.12. The van der Waals surface area contributed by atoms with Crippen LogP contribution in [0.25, 0.3) is 10.1 Å². The minimum Gasteiger partial charge on any atom is -0.459 e. The fourth-order valence-electron chi connectivity index (χ4n) is 2.86. The Morgan fingerprint density at radius 3 is 2.32 bits per heavy atom. The molecule has 2 aromatic carbocycles. The van der Waals surface area contributed by atoms with E-state index in [0.717, 1.165) is 20.5 Å². The second-order valence-electron chi connectivity index (χ2n) is 5.66. The minimum absolute atomic E-state index is 0.117. The molecule has 1 aromatic heterocycles. The summed E-state index contributed by atoms with van der Waals surface area (Å²) in [6.07, 6.45) is 0. The summed E-state index contributed by atoms with van der Waals surface area (Å²) in [5.74, 6) is -1.53. The van der Waals surface area contributed by atoms with Crippen LogP contribution in [0.1, 0.15) is 26.3 Å². The van der Waals surface area contributed by atoms with Crippen LogP contribution in [0.4, 0.5) is 0 Å². The van der Waals surface area contributed by atoms with Gasteiger partial charge in [-0.25, -0.2) is 0 Å². The summed E-state index contributed by atoms with van der Waals surface area (Å²) < 4.78 is 6.39. The third-order valence-electron chi connectivity index (χ3n) is 4.12. The number of benzene rings is 2. The molecule has 3 aromatic rings. The van der Waals surface area contributed by atoms with Crippen molar-refractivity contribution in [2.75, 3.05) is 6.54 Å². The number of amides is 2. The first-order chi connectivity index (χ1) is 12.1. The number of ether oxygens (including phenoxy) is 1. The van der Waals surface area contributed by atoms with Crippen LogP contribution in [-0.2, 0) is 16.1 Å². The number of hydrogen-bond acceptors (Lipinski definition) is 5. The van der Waals surface area contributed by atoms with Gasteiger partial charge in [-0.05, 0) is 29.0 Å². The topological polar surface area (TPSA) is 63.7 Å². The van der Waals surface area contributed by atoms with Gasteiger partial charge in [0, 0.05) is 10.3 Å². The summed E-state index contributed by atoms with van der Waals surface area (Å²) in [6.45, 7) is -0.263. The molecule has 0 N–H and O–H groups in total. The first-order valence-electron chi connectivity index (χ1n) is 7.71. The van der Waals surface area contributed by atoms with E-state index in [1.54, 1.807) is 35.6 Å². The maximum atomic E-state index is 12.2. The van der Waals surface area contributed by atoms with Crippen LogP contribution in [0.5, 0.6) is 0 Å². The van der Waals surface area contributed by atoms with Gasteiger partial charge in [0.2, 0.25) is 0 Å². The summed E-state index contributed by atoms with van der Waals surface area (Å²) >= 11 is 1.58. The van der Waals surface area contributed by atoms with Crippen LogP contribution >= 0.6 is 11.3 Å². The van der Waals surface area contributed by atoms with Crippen molar-refractivity contribution in [3.63, 3.8) is 0 Å². The largest absolute Gasteiger partial charge is 0.459 e. The predicted octanol–water partition coefficient (Wildman–Crippen LogP) is 3.24. The van der Waals surface area contributed by atoms with Gasteiger partial charge >= 0.3 is 5.97 Å². The summed E-state index contributed by atoms with van der Waals surface area (Å²) in [4.78, 5) is 37.5. The molecule has 6 heteroatoms. The van der Waals surface area contributed by atoms with Crippen molar-refractivity contribution in [3.8, 4) is 0 Å². The number of fused-ring (bicyclic) bond motifs is 2. The Hall–Kier alpha value is -2.99. The zero-order chi connectivity index (χ0) is 17.4. The van der Waals surface area contributed by atoms with Gasteiger partial charge in [0.1, 0.15) is 13.2 Å². The summed E-state index contributed by atoms with van der Waals surface area (Å²) in [5, 5.41) is 2.99. The third-order valence-corrected chi connectivity index (χ3v) is 5.13. The lowest BCUT2D eigenvalue weighted by atomic mass is 10.1. The van der Waals surface area contributed by atoms with E-state index in [9.17, 15) is 14.4 Å². The quantitative estimate of drug-likeness (QED) is 0.535. The van der Waals surface area contributed by atoms with Crippen molar-refractivity contribution >= 4 is 39.2 Å². The average Bonchev–Trinajstić information content (AvgIpc) is 3.15. The van der Waals surface area contributed by atoms with Crippen LogP contribution in [0, 0.1) is 0 Å². The van der Waals surface area contributed by atoms with Crippen molar-refractivity contribution in [3.05, 3.63) is 70.6 Å². The molecule has 0 aliphatic carbocycles. The molecule has 1 aliphatic heterocycles. The molecule has 0 unspecified atom stereocenters. The average molecular weight is 351 g/mol. The highest BCUT2D eigenvalue weighted by Gasteiger charge is 2.36. The van der Waals surface area contributed by atoms with E-state index in [1.165, 1.54) is 0 Å². The number of carbonyl (C=O) groups is 3. The Kier molecular flexibility index (Phi) is 3.82. The van der Waals surface area contributed by atoms with Crippen LogP contribution in [0.2, 0.25) is 0 Å². The molecule has 1 aliphatic rings. The number of esters is 1. The Morgan fingerprint density at radius 1 is 0.960 bits per heavy atom. The molecular weight excluding hydrogens is 338 g/mol. The molecule has 0 saturated carbocycles. The highest BCUT2D eigenvalue weighted by molar-refractivity contribution is 7.17. The molecule has 0 spiro atoms. The molecule has 4 rings (SSSR count). The van der Waals surface area contributed by atoms with Crippen LogP contribution in [-0.4, -0.2) is 29.2 Å². The van der Waals surface area contributed by atoms with Gasteiger partial charge in [-0.3, -0.25) is 19.3 Å². The van der Waals surface area contributed by atoms with Gasteiger partial charge in [0.15, 0.2) is 0 Å². The van der Waals surface area contributed by atoms with Crippen molar-refractivity contribution in [2.45, 2.75) is 6.61 Å². The molecule has 2 heterocycles. The number of hydrogen-bond donors (Lipinski definition) is 0. The van der Waals surface area contributed by atoms with E-state index in [4.69, 9.17) is 4.74 Å². The molecule has 0 atom stereocenters. The van der Waals surface area contributed by atoms with Gasteiger partial charge in [-0.1, -0.05) is 30.3 Å². The van der Waals surface area contributed by atoms with Gasteiger partial charge in [-0.15, -0.1) is 11.3 Å². The van der Waals surface area contributed by atoms with E-state index in [1.807, 2.05) is 29.6 Å². The van der Waals surface area contributed by atoms with E-state index in [-0.39, 0.29) is 13.2 Å². The predicted molar refractivity (Wildman–Crippen MR) is 93.4 cm³/mol. The molecule has 0 saturated heterocycles. The Labute approximate surface area is 147 Å². The van der Waals surface area contributed by atoms with E-state index in [2.05, 4.69) is 0 Å². The molecule has 2 amide bonds. The summed E-state index contributed by atoms with van der Waals surface area (Å²) in [7, 11) is 0. The Morgan fingerprint density at radius 2 is 1.60 bits per heavy atom. The lowest BCUT2D eigenvalue weighted by Crippen LogP contribution is -2.35. The molecule has 124 valence electrons. The van der Waals surface area contributed by atoms with E-state index < -0.39 is 17.8 Å². The van der Waals surface area contributed by atoms with Crippen molar-refractivity contribution in [1.82, 2.24) is 4.90 Å². The van der Waals surface area contributed by atoms with Crippen LogP contribution < -0.4 is 0 Å². The lowest BCUT2D eigenvalue weighted by molar-refractivity contribution is -0.145. The smallest absolute Gasteiger partial charge is 0.326 e. The molecule has 5 nitrogen and oxygen atoms in total. The third kappa shape index (κ3) is 2.70. The second-order valence-corrected chi connectivity index (χ2v) is 6.57. The molecule has 0 radical (unpaired) electrons. The SMILES string of the molecule is O=C(CN1C(=O)c2ccccc2C1=O)OCc1csc2ccccc12. The summed E-state index contributed by atoms with van der Waals surface area (Å²) in [6, 6.07) is 14.4.